The first kappa shape index (κ1) is 9.38. The summed E-state index contributed by atoms with van der Waals surface area (Å²) in [6, 6.07) is 0.364. The van der Waals surface area contributed by atoms with E-state index < -0.39 is 5.97 Å². The lowest BCUT2D eigenvalue weighted by atomic mass is 10.6. The first-order chi connectivity index (χ1) is 5.68. The third-order valence-electron chi connectivity index (χ3n) is 1.40. The van der Waals surface area contributed by atoms with E-state index in [4.69, 9.17) is 5.11 Å². The van der Waals surface area contributed by atoms with Gasteiger partial charge in [0.15, 0.2) is 0 Å². The summed E-state index contributed by atoms with van der Waals surface area (Å²) in [4.78, 5) is 21.0. The lowest BCUT2D eigenvalue weighted by Gasteiger charge is -2.00. The molecule has 0 spiro atoms. The highest BCUT2D eigenvalue weighted by Crippen LogP contribution is 2.18. The Kier molecular flexibility index (Phi) is 3.40. The van der Waals surface area contributed by atoms with Gasteiger partial charge in [0.25, 0.3) is 0 Å². The van der Waals surface area contributed by atoms with Crippen molar-refractivity contribution in [1.82, 2.24) is 5.32 Å². The van der Waals surface area contributed by atoms with Gasteiger partial charge in [-0.1, -0.05) is 0 Å². The van der Waals surface area contributed by atoms with Crippen molar-refractivity contribution in [3.8, 4) is 0 Å². The van der Waals surface area contributed by atoms with E-state index in [-0.39, 0.29) is 17.4 Å². The predicted molar refractivity (Wildman–Crippen MR) is 46.1 cm³/mol. The van der Waals surface area contributed by atoms with Gasteiger partial charge in [0.05, 0.1) is 11.5 Å². The molecule has 1 aliphatic carbocycles. The minimum atomic E-state index is -0.876. The van der Waals surface area contributed by atoms with Crippen LogP contribution in [0.5, 0.6) is 0 Å². The maximum atomic E-state index is 11.0. The highest BCUT2D eigenvalue weighted by Gasteiger charge is 2.22. The van der Waals surface area contributed by atoms with Crippen molar-refractivity contribution in [3.63, 3.8) is 0 Å². The summed E-state index contributed by atoms with van der Waals surface area (Å²) >= 11 is 1.13. The van der Waals surface area contributed by atoms with Crippen molar-refractivity contribution in [1.29, 1.82) is 0 Å². The molecule has 0 bridgehead atoms. The number of hydrogen-bond acceptors (Lipinski definition) is 3. The van der Waals surface area contributed by atoms with Crippen LogP contribution in [0.25, 0.3) is 0 Å². The Morgan fingerprint density at radius 2 is 2.08 bits per heavy atom. The van der Waals surface area contributed by atoms with Crippen LogP contribution in [0.15, 0.2) is 0 Å². The van der Waals surface area contributed by atoms with Crippen LogP contribution in [0, 0.1) is 0 Å². The van der Waals surface area contributed by atoms with Gasteiger partial charge in [0, 0.05) is 6.04 Å². The molecule has 1 rings (SSSR count). The molecule has 68 valence electrons. The van der Waals surface area contributed by atoms with Crippen LogP contribution in [-0.4, -0.2) is 34.5 Å². The summed E-state index contributed by atoms with van der Waals surface area (Å²) in [5.41, 5.74) is 0. The lowest BCUT2D eigenvalue weighted by molar-refractivity contribution is -0.133. The molecular formula is C7H11NO3S. The van der Waals surface area contributed by atoms with Gasteiger partial charge < -0.3 is 10.4 Å². The summed E-state index contributed by atoms with van der Waals surface area (Å²) in [6.07, 6.45) is 2.13. The zero-order valence-electron chi connectivity index (χ0n) is 6.58. The van der Waals surface area contributed by atoms with Crippen molar-refractivity contribution >= 4 is 23.6 Å². The zero-order chi connectivity index (χ0) is 8.97. The van der Waals surface area contributed by atoms with E-state index in [2.05, 4.69) is 5.32 Å². The molecule has 1 aliphatic rings. The Morgan fingerprint density at radius 1 is 1.42 bits per heavy atom. The number of thioether (sulfide) groups is 1. The second-order valence-corrected chi connectivity index (χ2v) is 3.71. The highest BCUT2D eigenvalue weighted by atomic mass is 32.2. The smallest absolute Gasteiger partial charge is 0.313 e. The molecule has 1 saturated carbocycles. The van der Waals surface area contributed by atoms with Crippen LogP contribution in [0.3, 0.4) is 0 Å². The molecule has 0 aliphatic heterocycles. The largest absolute Gasteiger partial charge is 0.481 e. The number of hydrogen-bond donors (Lipinski definition) is 2. The maximum Gasteiger partial charge on any atom is 0.313 e. The zero-order valence-corrected chi connectivity index (χ0v) is 7.39. The van der Waals surface area contributed by atoms with Crippen molar-refractivity contribution in [2.75, 3.05) is 11.5 Å². The molecule has 0 aromatic heterocycles. The topological polar surface area (TPSA) is 66.4 Å². The molecule has 5 heteroatoms. The summed E-state index contributed by atoms with van der Waals surface area (Å²) < 4.78 is 0. The molecule has 0 atom stereocenters. The van der Waals surface area contributed by atoms with Crippen molar-refractivity contribution in [2.24, 2.45) is 0 Å². The van der Waals surface area contributed by atoms with Crippen molar-refractivity contribution in [3.05, 3.63) is 0 Å². The second-order valence-electron chi connectivity index (χ2n) is 2.73. The van der Waals surface area contributed by atoms with Crippen LogP contribution in [0.2, 0.25) is 0 Å². The molecule has 0 aromatic carbocycles. The Balaban J connectivity index is 1.97. The van der Waals surface area contributed by atoms with E-state index in [0.717, 1.165) is 24.6 Å². The lowest BCUT2D eigenvalue weighted by Crippen LogP contribution is -2.27. The number of amides is 1. The summed E-state index contributed by atoms with van der Waals surface area (Å²) in [7, 11) is 0. The molecule has 2 N–H and O–H groups in total. The summed E-state index contributed by atoms with van der Waals surface area (Å²) in [5.74, 6) is -0.677. The highest BCUT2D eigenvalue weighted by molar-refractivity contribution is 8.00. The molecule has 1 fully saturated rings. The Labute approximate surface area is 74.7 Å². The molecule has 0 aromatic rings. The monoisotopic (exact) mass is 189 g/mol. The molecule has 12 heavy (non-hydrogen) atoms. The average Bonchev–Trinajstić information content (AvgIpc) is 2.70. The third kappa shape index (κ3) is 4.23. The maximum absolute atomic E-state index is 11.0. The fraction of sp³-hybridized carbons (Fsp3) is 0.714. The minimum absolute atomic E-state index is 0.00190. The van der Waals surface area contributed by atoms with Gasteiger partial charge in [0.2, 0.25) is 5.91 Å². The second kappa shape index (κ2) is 4.35. The van der Waals surface area contributed by atoms with E-state index in [0.29, 0.717) is 6.04 Å². The fourth-order valence-corrected chi connectivity index (χ4v) is 1.27. The molecule has 0 heterocycles. The summed E-state index contributed by atoms with van der Waals surface area (Å²) in [5, 5.41) is 11.0. The predicted octanol–water partition coefficient (Wildman–Crippen LogP) is 0.0828. The molecular weight excluding hydrogens is 178 g/mol. The quantitative estimate of drug-likeness (QED) is 0.643. The Bertz CT molecular complexity index is 191. The van der Waals surface area contributed by atoms with Crippen molar-refractivity contribution < 1.29 is 14.7 Å². The molecule has 0 saturated heterocycles. The third-order valence-corrected chi connectivity index (χ3v) is 2.32. The van der Waals surface area contributed by atoms with Gasteiger partial charge in [-0.05, 0) is 12.8 Å². The number of carboxylic acids is 1. The first-order valence-corrected chi connectivity index (χ1v) is 4.93. The van der Waals surface area contributed by atoms with Crippen LogP contribution < -0.4 is 5.32 Å². The van der Waals surface area contributed by atoms with Gasteiger partial charge in [0.1, 0.15) is 0 Å². The van der Waals surface area contributed by atoms with E-state index in [1.807, 2.05) is 0 Å². The van der Waals surface area contributed by atoms with Crippen LogP contribution in [0.1, 0.15) is 12.8 Å². The molecule has 1 amide bonds. The average molecular weight is 189 g/mol. The van der Waals surface area contributed by atoms with E-state index >= 15 is 0 Å². The van der Waals surface area contributed by atoms with Gasteiger partial charge in [-0.2, -0.15) is 0 Å². The SMILES string of the molecule is O=C(O)CSCC(=O)NC1CC1. The summed E-state index contributed by atoms with van der Waals surface area (Å²) in [6.45, 7) is 0. The normalized spacial score (nSPS) is 15.7. The molecule has 4 nitrogen and oxygen atoms in total. The van der Waals surface area contributed by atoms with Gasteiger partial charge in [-0.25, -0.2) is 0 Å². The molecule has 0 radical (unpaired) electrons. The van der Waals surface area contributed by atoms with Gasteiger partial charge in [-0.15, -0.1) is 11.8 Å². The van der Waals surface area contributed by atoms with E-state index in [1.54, 1.807) is 0 Å². The van der Waals surface area contributed by atoms with Crippen LogP contribution >= 0.6 is 11.8 Å². The number of carbonyl (C=O) groups excluding carboxylic acids is 1. The number of nitrogens with one attached hydrogen (secondary N) is 1. The molecule has 0 unspecified atom stereocenters. The van der Waals surface area contributed by atoms with Gasteiger partial charge in [-0.3, -0.25) is 9.59 Å². The van der Waals surface area contributed by atoms with Gasteiger partial charge >= 0.3 is 5.97 Å². The Hall–Kier alpha value is -0.710. The van der Waals surface area contributed by atoms with Crippen LogP contribution in [0.4, 0.5) is 0 Å². The number of aliphatic carboxylic acids is 1. The van der Waals surface area contributed by atoms with E-state index in [1.165, 1.54) is 0 Å². The standard InChI is InChI=1S/C7H11NO3S/c9-6(8-5-1-2-5)3-12-4-7(10)11/h5H,1-4H2,(H,8,9)(H,10,11). The number of carbonyl (C=O) groups is 2. The number of carboxylic acid groups (broad SMARTS) is 1. The first-order valence-electron chi connectivity index (χ1n) is 3.77. The van der Waals surface area contributed by atoms with Crippen molar-refractivity contribution in [2.45, 2.75) is 18.9 Å². The van der Waals surface area contributed by atoms with E-state index in [9.17, 15) is 9.59 Å². The number of rotatable bonds is 5. The minimum Gasteiger partial charge on any atom is -0.481 e. The Morgan fingerprint density at radius 3 is 2.58 bits per heavy atom. The van der Waals surface area contributed by atoms with Crippen LogP contribution in [-0.2, 0) is 9.59 Å². The fourth-order valence-electron chi connectivity index (χ4n) is 0.728.